The zero-order chi connectivity index (χ0) is 16.6. The molecule has 5 heteroatoms. The Morgan fingerprint density at radius 1 is 1.14 bits per heavy atom. The third-order valence-electron chi connectivity index (χ3n) is 4.10. The zero-order valence-electron chi connectivity index (χ0n) is 14.4. The predicted molar refractivity (Wildman–Crippen MR) is 90.0 cm³/mol. The summed E-state index contributed by atoms with van der Waals surface area (Å²) in [6, 6.07) is 0. The van der Waals surface area contributed by atoms with E-state index >= 15 is 0 Å². The molecule has 0 rings (SSSR count). The molecular formula is C16H31NO3Si. The SMILES string of the molecule is C=CCN(CCC=O)C(=O)O[Si](C(C)C)(C(C)C)C(C)C. The summed E-state index contributed by atoms with van der Waals surface area (Å²) < 4.78 is 6.10. The van der Waals surface area contributed by atoms with Gasteiger partial charge in [-0.05, 0) is 16.6 Å². The fourth-order valence-corrected chi connectivity index (χ4v) is 8.33. The third-order valence-corrected chi connectivity index (χ3v) is 10.0. The molecule has 0 unspecified atom stereocenters. The van der Waals surface area contributed by atoms with Crippen molar-refractivity contribution in [1.29, 1.82) is 0 Å². The van der Waals surface area contributed by atoms with E-state index in [1.54, 1.807) is 11.0 Å². The van der Waals surface area contributed by atoms with E-state index < -0.39 is 8.32 Å². The number of rotatable bonds is 9. The fraction of sp³-hybridized carbons (Fsp3) is 0.750. The van der Waals surface area contributed by atoms with Crippen molar-refractivity contribution in [1.82, 2.24) is 4.90 Å². The Morgan fingerprint density at radius 3 is 1.95 bits per heavy atom. The van der Waals surface area contributed by atoms with Crippen LogP contribution in [-0.4, -0.2) is 38.7 Å². The molecular weight excluding hydrogens is 282 g/mol. The summed E-state index contributed by atoms with van der Waals surface area (Å²) in [5.74, 6) is 0. The lowest BCUT2D eigenvalue weighted by Crippen LogP contribution is -2.52. The first-order valence-electron chi connectivity index (χ1n) is 7.76. The van der Waals surface area contributed by atoms with E-state index in [9.17, 15) is 9.59 Å². The van der Waals surface area contributed by atoms with E-state index in [1.165, 1.54) is 0 Å². The normalized spacial score (nSPS) is 11.9. The van der Waals surface area contributed by atoms with Crippen molar-refractivity contribution in [2.24, 2.45) is 0 Å². The van der Waals surface area contributed by atoms with Crippen LogP contribution in [0, 0.1) is 0 Å². The monoisotopic (exact) mass is 313 g/mol. The molecule has 0 radical (unpaired) electrons. The maximum atomic E-state index is 12.5. The average molecular weight is 314 g/mol. The molecule has 0 aromatic heterocycles. The van der Waals surface area contributed by atoms with Crippen molar-refractivity contribution in [3.63, 3.8) is 0 Å². The smallest absolute Gasteiger partial charge is 0.396 e. The summed E-state index contributed by atoms with van der Waals surface area (Å²) in [4.78, 5) is 24.7. The lowest BCUT2D eigenvalue weighted by Gasteiger charge is -2.42. The van der Waals surface area contributed by atoms with Gasteiger partial charge in [0.25, 0.3) is 8.32 Å². The molecule has 21 heavy (non-hydrogen) atoms. The molecule has 0 aliphatic heterocycles. The topological polar surface area (TPSA) is 46.6 Å². The molecule has 122 valence electrons. The lowest BCUT2D eigenvalue weighted by atomic mass is 10.4. The summed E-state index contributed by atoms with van der Waals surface area (Å²) in [6.45, 7) is 17.3. The summed E-state index contributed by atoms with van der Waals surface area (Å²) in [5.41, 5.74) is 1.04. The molecule has 0 bridgehead atoms. The van der Waals surface area contributed by atoms with Crippen molar-refractivity contribution in [3.05, 3.63) is 12.7 Å². The molecule has 0 fully saturated rings. The van der Waals surface area contributed by atoms with Crippen molar-refractivity contribution >= 4 is 20.7 Å². The van der Waals surface area contributed by atoms with Crippen LogP contribution < -0.4 is 0 Å². The van der Waals surface area contributed by atoms with Gasteiger partial charge >= 0.3 is 6.09 Å². The molecule has 0 saturated heterocycles. The third kappa shape index (κ3) is 4.99. The fourth-order valence-electron chi connectivity index (χ4n) is 3.19. The first-order chi connectivity index (χ1) is 9.73. The number of carbonyl (C=O) groups is 2. The highest BCUT2D eigenvalue weighted by atomic mass is 28.4. The summed E-state index contributed by atoms with van der Waals surface area (Å²) in [5, 5.41) is 0. The van der Waals surface area contributed by atoms with Crippen LogP contribution in [0.3, 0.4) is 0 Å². The quantitative estimate of drug-likeness (QED) is 0.360. The van der Waals surface area contributed by atoms with Crippen molar-refractivity contribution < 1.29 is 14.0 Å². The van der Waals surface area contributed by atoms with Gasteiger partial charge in [0.1, 0.15) is 6.29 Å². The van der Waals surface area contributed by atoms with Crippen LogP contribution in [0.25, 0.3) is 0 Å². The molecule has 0 heterocycles. The van der Waals surface area contributed by atoms with Crippen LogP contribution in [0.4, 0.5) is 4.79 Å². The lowest BCUT2D eigenvalue weighted by molar-refractivity contribution is -0.108. The molecule has 0 saturated carbocycles. The number of hydrogen-bond acceptors (Lipinski definition) is 3. The van der Waals surface area contributed by atoms with Crippen molar-refractivity contribution in [2.75, 3.05) is 13.1 Å². The van der Waals surface area contributed by atoms with Gasteiger partial charge in [0.2, 0.25) is 0 Å². The highest BCUT2D eigenvalue weighted by Crippen LogP contribution is 2.42. The second kappa shape index (κ2) is 9.03. The first-order valence-corrected chi connectivity index (χ1v) is 9.90. The molecule has 0 N–H and O–H groups in total. The van der Waals surface area contributed by atoms with Crippen LogP contribution >= 0.6 is 0 Å². The van der Waals surface area contributed by atoms with Gasteiger partial charge in [-0.1, -0.05) is 47.6 Å². The van der Waals surface area contributed by atoms with E-state index in [0.29, 0.717) is 36.1 Å². The summed E-state index contributed by atoms with van der Waals surface area (Å²) in [7, 11) is -2.24. The average Bonchev–Trinajstić information content (AvgIpc) is 2.39. The second-order valence-electron chi connectivity index (χ2n) is 6.38. The molecule has 4 nitrogen and oxygen atoms in total. The number of aldehydes is 1. The van der Waals surface area contributed by atoms with Crippen LogP contribution in [0.5, 0.6) is 0 Å². The van der Waals surface area contributed by atoms with Gasteiger partial charge in [0.15, 0.2) is 0 Å². The van der Waals surface area contributed by atoms with Gasteiger partial charge in [-0.2, -0.15) is 0 Å². The van der Waals surface area contributed by atoms with E-state index in [0.717, 1.165) is 6.29 Å². The first kappa shape index (κ1) is 19.9. The Labute approximate surface area is 130 Å². The van der Waals surface area contributed by atoms with Crippen molar-refractivity contribution in [3.8, 4) is 0 Å². The minimum absolute atomic E-state index is 0.306. The largest absolute Gasteiger partial charge is 0.503 e. The Kier molecular flexibility index (Phi) is 8.55. The molecule has 0 aromatic carbocycles. The Balaban J connectivity index is 5.25. The molecule has 0 aliphatic rings. The minimum Gasteiger partial charge on any atom is -0.503 e. The Bertz CT molecular complexity index is 332. The van der Waals surface area contributed by atoms with Crippen LogP contribution in [0.2, 0.25) is 16.6 Å². The van der Waals surface area contributed by atoms with Crippen LogP contribution in [0.15, 0.2) is 12.7 Å². The van der Waals surface area contributed by atoms with Gasteiger partial charge in [-0.3, -0.25) is 0 Å². The minimum atomic E-state index is -2.24. The Hall–Kier alpha value is -1.10. The zero-order valence-corrected chi connectivity index (χ0v) is 15.4. The number of amides is 1. The maximum absolute atomic E-state index is 12.5. The van der Waals surface area contributed by atoms with E-state index in [-0.39, 0.29) is 6.09 Å². The summed E-state index contributed by atoms with van der Waals surface area (Å²) >= 11 is 0. The molecule has 0 spiro atoms. The van der Waals surface area contributed by atoms with Gasteiger partial charge in [0, 0.05) is 19.5 Å². The number of nitrogens with zero attached hydrogens (tertiary/aromatic N) is 1. The Morgan fingerprint density at radius 2 is 1.62 bits per heavy atom. The summed E-state index contributed by atoms with van der Waals surface area (Å²) in [6.07, 6.45) is 2.50. The highest BCUT2D eigenvalue weighted by molar-refractivity contribution is 6.78. The van der Waals surface area contributed by atoms with Gasteiger partial charge in [0.05, 0.1) is 0 Å². The second-order valence-corrected chi connectivity index (χ2v) is 11.8. The van der Waals surface area contributed by atoms with E-state index in [1.807, 2.05) is 0 Å². The molecule has 1 amide bonds. The number of carbonyl (C=O) groups excluding carboxylic acids is 2. The van der Waals surface area contributed by atoms with Gasteiger partial charge in [-0.25, -0.2) is 4.79 Å². The molecule has 0 aromatic rings. The van der Waals surface area contributed by atoms with Crippen molar-refractivity contribution in [2.45, 2.75) is 64.6 Å². The van der Waals surface area contributed by atoms with Crippen LogP contribution in [0.1, 0.15) is 48.0 Å². The van der Waals surface area contributed by atoms with Gasteiger partial charge in [-0.15, -0.1) is 6.58 Å². The molecule has 0 atom stereocenters. The maximum Gasteiger partial charge on any atom is 0.396 e. The van der Waals surface area contributed by atoms with E-state index in [4.69, 9.17) is 4.43 Å². The molecule has 0 aliphatic carbocycles. The standard InChI is InChI=1S/C16H31NO3Si/c1-8-10-17(11-9-12-18)16(19)20-21(13(2)3,14(4)5)15(6)7/h8,12-15H,1,9-11H2,2-7H3. The van der Waals surface area contributed by atoms with E-state index in [2.05, 4.69) is 48.1 Å². The van der Waals surface area contributed by atoms with Crippen LogP contribution in [-0.2, 0) is 9.22 Å². The predicted octanol–water partition coefficient (Wildman–Crippen LogP) is 4.38. The van der Waals surface area contributed by atoms with Gasteiger partial charge < -0.3 is 14.1 Å². The highest BCUT2D eigenvalue weighted by Gasteiger charge is 2.48. The number of hydrogen-bond donors (Lipinski definition) is 0.